The lowest BCUT2D eigenvalue weighted by atomic mass is 10.2. The number of carbonyl (C=O) groups is 1. The highest BCUT2D eigenvalue weighted by Crippen LogP contribution is 2.24. The Morgan fingerprint density at radius 3 is 3.00 bits per heavy atom. The molecule has 2 rings (SSSR count). The van der Waals surface area contributed by atoms with Crippen LogP contribution in [0.3, 0.4) is 0 Å². The first-order chi connectivity index (χ1) is 8.13. The van der Waals surface area contributed by atoms with E-state index in [0.29, 0.717) is 5.95 Å². The van der Waals surface area contributed by atoms with E-state index >= 15 is 0 Å². The van der Waals surface area contributed by atoms with Gasteiger partial charge < -0.3 is 15.1 Å². The van der Waals surface area contributed by atoms with Gasteiger partial charge in [-0.05, 0) is 12.8 Å². The molecular formula is C10H12ClN3O3. The second-order valence-electron chi connectivity index (χ2n) is 3.85. The van der Waals surface area contributed by atoms with E-state index in [-0.39, 0.29) is 23.4 Å². The van der Waals surface area contributed by atoms with E-state index < -0.39 is 5.97 Å². The molecule has 1 aliphatic rings. The topological polar surface area (TPSA) is 86.5 Å². The molecule has 0 amide bonds. The molecule has 17 heavy (non-hydrogen) atoms. The predicted molar refractivity (Wildman–Crippen MR) is 61.5 cm³/mol. The van der Waals surface area contributed by atoms with Crippen molar-refractivity contribution in [2.45, 2.75) is 18.9 Å². The molecule has 1 aliphatic heterocycles. The van der Waals surface area contributed by atoms with Gasteiger partial charge in [-0.25, -0.2) is 14.8 Å². The Hall–Kier alpha value is -1.40. The van der Waals surface area contributed by atoms with Gasteiger partial charge in [0, 0.05) is 12.7 Å². The Bertz CT molecular complexity index is 441. The molecule has 1 fully saturated rings. The van der Waals surface area contributed by atoms with Crippen LogP contribution < -0.4 is 4.90 Å². The fourth-order valence-corrected chi connectivity index (χ4v) is 2.13. The summed E-state index contributed by atoms with van der Waals surface area (Å²) in [5.41, 5.74) is -0.116. The first-order valence-corrected chi connectivity index (χ1v) is 5.64. The van der Waals surface area contributed by atoms with Gasteiger partial charge in [-0.1, -0.05) is 11.6 Å². The molecule has 7 heteroatoms. The van der Waals surface area contributed by atoms with Gasteiger partial charge in [0.1, 0.15) is 10.7 Å². The van der Waals surface area contributed by atoms with Crippen molar-refractivity contribution in [2.75, 3.05) is 18.1 Å². The molecule has 1 aromatic heterocycles. The van der Waals surface area contributed by atoms with Gasteiger partial charge in [0.05, 0.1) is 12.6 Å². The maximum absolute atomic E-state index is 10.8. The molecule has 0 aliphatic carbocycles. The first-order valence-electron chi connectivity index (χ1n) is 5.27. The third-order valence-corrected chi connectivity index (χ3v) is 3.09. The zero-order chi connectivity index (χ0) is 12.4. The van der Waals surface area contributed by atoms with Gasteiger partial charge in [-0.2, -0.15) is 0 Å². The number of nitrogens with zero attached hydrogens (tertiary/aromatic N) is 3. The van der Waals surface area contributed by atoms with Crippen LogP contribution in [-0.4, -0.2) is 45.3 Å². The zero-order valence-corrected chi connectivity index (χ0v) is 9.76. The lowest BCUT2D eigenvalue weighted by Gasteiger charge is -2.22. The van der Waals surface area contributed by atoms with Gasteiger partial charge in [-0.15, -0.1) is 0 Å². The minimum Gasteiger partial charge on any atom is -0.478 e. The summed E-state index contributed by atoms with van der Waals surface area (Å²) in [5.74, 6) is -0.779. The summed E-state index contributed by atoms with van der Waals surface area (Å²) in [4.78, 5) is 20.5. The average molecular weight is 258 g/mol. The number of rotatable bonds is 3. The van der Waals surface area contributed by atoms with Crippen molar-refractivity contribution in [3.05, 3.63) is 16.9 Å². The number of hydrogen-bond donors (Lipinski definition) is 2. The standard InChI is InChI=1S/C10H12ClN3O3/c11-8-7(9(16)17)4-12-10(13-8)14-3-1-2-6(14)5-15/h4,6,15H,1-3,5H2,(H,16,17)/t6-/m0/s1. The number of carboxylic acid groups (broad SMARTS) is 1. The second kappa shape index (κ2) is 4.85. The number of anilines is 1. The molecule has 1 atom stereocenters. The summed E-state index contributed by atoms with van der Waals surface area (Å²) in [7, 11) is 0. The van der Waals surface area contributed by atoms with Crippen LogP contribution in [0.25, 0.3) is 0 Å². The molecule has 0 bridgehead atoms. The molecule has 2 heterocycles. The SMILES string of the molecule is O=C(O)c1cnc(N2CCC[C@H]2CO)nc1Cl. The highest BCUT2D eigenvalue weighted by atomic mass is 35.5. The summed E-state index contributed by atoms with van der Waals surface area (Å²) in [5, 5.41) is 17.9. The molecule has 0 saturated carbocycles. The van der Waals surface area contributed by atoms with Gasteiger partial charge >= 0.3 is 5.97 Å². The summed E-state index contributed by atoms with van der Waals surface area (Å²) in [6.07, 6.45) is 3.02. The maximum atomic E-state index is 10.8. The molecule has 0 radical (unpaired) electrons. The van der Waals surface area contributed by atoms with Gasteiger partial charge in [0.15, 0.2) is 0 Å². The van der Waals surface area contributed by atoms with E-state index in [1.807, 2.05) is 4.90 Å². The van der Waals surface area contributed by atoms with E-state index in [1.54, 1.807) is 0 Å². The van der Waals surface area contributed by atoms with Crippen LogP contribution in [0.15, 0.2) is 6.20 Å². The van der Waals surface area contributed by atoms with Crippen LogP contribution in [0.5, 0.6) is 0 Å². The summed E-state index contributed by atoms with van der Waals surface area (Å²) < 4.78 is 0. The Morgan fingerprint density at radius 2 is 2.41 bits per heavy atom. The van der Waals surface area contributed by atoms with Crippen molar-refractivity contribution in [3.8, 4) is 0 Å². The number of aliphatic hydroxyl groups is 1. The number of aliphatic hydroxyl groups excluding tert-OH is 1. The molecule has 92 valence electrons. The summed E-state index contributed by atoms with van der Waals surface area (Å²) >= 11 is 5.77. The lowest BCUT2D eigenvalue weighted by Crippen LogP contribution is -2.33. The van der Waals surface area contributed by atoms with E-state index in [2.05, 4.69) is 9.97 Å². The van der Waals surface area contributed by atoms with Crippen molar-refractivity contribution in [1.82, 2.24) is 9.97 Å². The predicted octanol–water partition coefficient (Wildman–Crippen LogP) is 0.789. The molecule has 2 N–H and O–H groups in total. The number of carboxylic acids is 1. The Balaban J connectivity index is 2.28. The Morgan fingerprint density at radius 1 is 1.65 bits per heavy atom. The molecule has 0 spiro atoms. The highest BCUT2D eigenvalue weighted by molar-refractivity contribution is 6.32. The van der Waals surface area contributed by atoms with Crippen LogP contribution in [-0.2, 0) is 0 Å². The molecular weight excluding hydrogens is 246 g/mol. The fraction of sp³-hybridized carbons (Fsp3) is 0.500. The largest absolute Gasteiger partial charge is 0.478 e. The number of aromatic nitrogens is 2. The fourth-order valence-electron chi connectivity index (χ4n) is 1.92. The molecule has 1 aromatic rings. The van der Waals surface area contributed by atoms with E-state index in [9.17, 15) is 9.90 Å². The Kier molecular flexibility index (Phi) is 3.44. The van der Waals surface area contributed by atoms with Gasteiger partial charge in [0.25, 0.3) is 0 Å². The smallest absolute Gasteiger partial charge is 0.340 e. The molecule has 0 aromatic carbocycles. The van der Waals surface area contributed by atoms with Crippen LogP contribution >= 0.6 is 11.6 Å². The monoisotopic (exact) mass is 257 g/mol. The van der Waals surface area contributed by atoms with Crippen LogP contribution in [0.4, 0.5) is 5.95 Å². The molecule has 1 saturated heterocycles. The zero-order valence-electron chi connectivity index (χ0n) is 9.01. The quantitative estimate of drug-likeness (QED) is 0.779. The maximum Gasteiger partial charge on any atom is 0.340 e. The number of hydrogen-bond acceptors (Lipinski definition) is 5. The third kappa shape index (κ3) is 2.32. The van der Waals surface area contributed by atoms with Crippen molar-refractivity contribution in [3.63, 3.8) is 0 Å². The van der Waals surface area contributed by atoms with Crippen molar-refractivity contribution in [2.24, 2.45) is 0 Å². The number of aromatic carboxylic acids is 1. The second-order valence-corrected chi connectivity index (χ2v) is 4.21. The average Bonchev–Trinajstić information content (AvgIpc) is 2.76. The third-order valence-electron chi connectivity index (χ3n) is 2.80. The van der Waals surface area contributed by atoms with E-state index in [0.717, 1.165) is 19.4 Å². The highest BCUT2D eigenvalue weighted by Gasteiger charge is 2.26. The van der Waals surface area contributed by atoms with Crippen molar-refractivity contribution >= 4 is 23.5 Å². The van der Waals surface area contributed by atoms with Gasteiger partial charge in [0.2, 0.25) is 5.95 Å². The lowest BCUT2D eigenvalue weighted by molar-refractivity contribution is 0.0696. The minimum atomic E-state index is -1.15. The van der Waals surface area contributed by atoms with Crippen molar-refractivity contribution < 1.29 is 15.0 Å². The van der Waals surface area contributed by atoms with Crippen molar-refractivity contribution in [1.29, 1.82) is 0 Å². The van der Waals surface area contributed by atoms with Crippen LogP contribution in [0, 0.1) is 0 Å². The summed E-state index contributed by atoms with van der Waals surface area (Å²) in [6, 6.07) is -0.0123. The van der Waals surface area contributed by atoms with E-state index in [4.69, 9.17) is 16.7 Å². The molecule has 0 unspecified atom stereocenters. The normalized spacial score (nSPS) is 19.6. The summed E-state index contributed by atoms with van der Waals surface area (Å²) in [6.45, 7) is 0.773. The van der Waals surface area contributed by atoms with Crippen LogP contribution in [0.1, 0.15) is 23.2 Å². The molecule has 6 nitrogen and oxygen atoms in total. The first kappa shape index (κ1) is 12.1. The Labute approximate surface area is 103 Å². The van der Waals surface area contributed by atoms with Gasteiger partial charge in [-0.3, -0.25) is 0 Å². The van der Waals surface area contributed by atoms with E-state index in [1.165, 1.54) is 6.20 Å². The minimum absolute atomic E-state index is 0.0123. The number of halogens is 1. The van der Waals surface area contributed by atoms with Crippen LogP contribution in [0.2, 0.25) is 5.15 Å².